The molecule has 0 fully saturated rings. The molecular weight excluding hydrogens is 302 g/mol. The van der Waals surface area contributed by atoms with Crippen molar-refractivity contribution in [1.29, 1.82) is 0 Å². The highest BCUT2D eigenvalue weighted by Gasteiger charge is 2.17. The molecule has 1 heterocycles. The Morgan fingerprint density at radius 3 is 2.42 bits per heavy atom. The Morgan fingerprint density at radius 1 is 1.08 bits per heavy atom. The number of aliphatic hydroxyl groups excluding tert-OH is 1. The Balaban J connectivity index is 1.75. The van der Waals surface area contributed by atoms with Crippen LogP contribution in [0.4, 0.5) is 0 Å². The zero-order chi connectivity index (χ0) is 16.8. The molecule has 1 unspecified atom stereocenters. The number of carbonyl (C=O) groups excluding carboxylic acids is 1. The summed E-state index contributed by atoms with van der Waals surface area (Å²) in [6.07, 6.45) is 0.454. The Bertz CT molecular complexity index is 785. The SMILES string of the molecule is O=C(NC(CCO)c1ccccc1)c1cc(-c2ccccc2)n[nH]1. The van der Waals surface area contributed by atoms with E-state index in [-0.39, 0.29) is 18.6 Å². The van der Waals surface area contributed by atoms with E-state index in [1.54, 1.807) is 6.07 Å². The first-order valence-electron chi connectivity index (χ1n) is 7.85. The van der Waals surface area contributed by atoms with E-state index in [4.69, 9.17) is 0 Å². The topological polar surface area (TPSA) is 78.0 Å². The zero-order valence-corrected chi connectivity index (χ0v) is 13.1. The van der Waals surface area contributed by atoms with Gasteiger partial charge in [-0.2, -0.15) is 5.10 Å². The average Bonchev–Trinajstić information content (AvgIpc) is 3.13. The van der Waals surface area contributed by atoms with Crippen LogP contribution in [0.2, 0.25) is 0 Å². The van der Waals surface area contributed by atoms with Gasteiger partial charge in [-0.25, -0.2) is 0 Å². The number of nitrogens with zero attached hydrogens (tertiary/aromatic N) is 1. The largest absolute Gasteiger partial charge is 0.396 e. The first-order chi connectivity index (χ1) is 11.8. The number of nitrogens with one attached hydrogen (secondary N) is 2. The van der Waals surface area contributed by atoms with Crippen LogP contribution in [0.3, 0.4) is 0 Å². The molecule has 1 aromatic heterocycles. The third-order valence-electron chi connectivity index (χ3n) is 3.82. The van der Waals surface area contributed by atoms with Gasteiger partial charge in [0, 0.05) is 12.2 Å². The van der Waals surface area contributed by atoms with Gasteiger partial charge in [-0.15, -0.1) is 0 Å². The molecule has 5 heteroatoms. The Hall–Kier alpha value is -2.92. The molecule has 0 aliphatic carbocycles. The maximum Gasteiger partial charge on any atom is 0.269 e. The van der Waals surface area contributed by atoms with E-state index < -0.39 is 0 Å². The molecule has 1 atom stereocenters. The summed E-state index contributed by atoms with van der Waals surface area (Å²) >= 11 is 0. The van der Waals surface area contributed by atoms with Crippen molar-refractivity contribution >= 4 is 5.91 Å². The van der Waals surface area contributed by atoms with E-state index in [0.717, 1.165) is 16.8 Å². The van der Waals surface area contributed by atoms with Gasteiger partial charge in [0.1, 0.15) is 5.69 Å². The van der Waals surface area contributed by atoms with Crippen molar-refractivity contribution in [3.05, 3.63) is 78.0 Å². The molecule has 122 valence electrons. The van der Waals surface area contributed by atoms with Crippen LogP contribution in [-0.4, -0.2) is 27.8 Å². The molecule has 0 spiro atoms. The maximum atomic E-state index is 12.5. The highest BCUT2D eigenvalue weighted by atomic mass is 16.3. The van der Waals surface area contributed by atoms with E-state index in [2.05, 4.69) is 15.5 Å². The number of rotatable bonds is 6. The molecule has 1 amide bonds. The molecule has 0 saturated carbocycles. The van der Waals surface area contributed by atoms with Crippen molar-refractivity contribution in [2.75, 3.05) is 6.61 Å². The molecular formula is C19H19N3O2. The second kappa shape index (κ2) is 7.57. The summed E-state index contributed by atoms with van der Waals surface area (Å²) in [6, 6.07) is 20.8. The molecule has 0 radical (unpaired) electrons. The minimum absolute atomic E-state index is 0.00190. The average molecular weight is 321 g/mol. The molecule has 3 aromatic rings. The predicted molar refractivity (Wildman–Crippen MR) is 92.4 cm³/mol. The lowest BCUT2D eigenvalue weighted by Crippen LogP contribution is -2.29. The van der Waals surface area contributed by atoms with E-state index >= 15 is 0 Å². The fourth-order valence-corrected chi connectivity index (χ4v) is 2.57. The van der Waals surface area contributed by atoms with Gasteiger partial charge in [0.15, 0.2) is 0 Å². The minimum atomic E-state index is -0.244. The van der Waals surface area contributed by atoms with Crippen LogP contribution in [0.1, 0.15) is 28.5 Å². The molecule has 3 N–H and O–H groups in total. The lowest BCUT2D eigenvalue weighted by molar-refractivity contribution is 0.0925. The zero-order valence-electron chi connectivity index (χ0n) is 13.1. The second-order valence-corrected chi connectivity index (χ2v) is 5.48. The number of H-pyrrole nitrogens is 1. The van der Waals surface area contributed by atoms with Crippen molar-refractivity contribution in [2.45, 2.75) is 12.5 Å². The van der Waals surface area contributed by atoms with Gasteiger partial charge >= 0.3 is 0 Å². The lowest BCUT2D eigenvalue weighted by Gasteiger charge is -2.17. The Labute approximate surface area is 140 Å². The van der Waals surface area contributed by atoms with Crippen molar-refractivity contribution in [2.24, 2.45) is 0 Å². The van der Waals surface area contributed by atoms with Gasteiger partial charge in [-0.05, 0) is 18.1 Å². The van der Waals surface area contributed by atoms with Gasteiger partial charge in [0.05, 0.1) is 11.7 Å². The fraction of sp³-hybridized carbons (Fsp3) is 0.158. The van der Waals surface area contributed by atoms with Crippen LogP contribution >= 0.6 is 0 Å². The summed E-state index contributed by atoms with van der Waals surface area (Å²) in [4.78, 5) is 12.5. The summed E-state index contributed by atoms with van der Waals surface area (Å²) in [5.41, 5.74) is 3.03. The number of aliphatic hydroxyl groups is 1. The summed E-state index contributed by atoms with van der Waals surface area (Å²) in [5, 5.41) is 19.2. The van der Waals surface area contributed by atoms with Gasteiger partial charge in [0.2, 0.25) is 0 Å². The van der Waals surface area contributed by atoms with E-state index in [1.165, 1.54) is 0 Å². The van der Waals surface area contributed by atoms with Crippen molar-refractivity contribution in [3.63, 3.8) is 0 Å². The quantitative estimate of drug-likeness (QED) is 0.653. The molecule has 0 bridgehead atoms. The normalized spacial score (nSPS) is 11.9. The first kappa shape index (κ1) is 16.0. The molecule has 5 nitrogen and oxygen atoms in total. The van der Waals surface area contributed by atoms with Gasteiger partial charge in [0.25, 0.3) is 5.91 Å². The highest BCUT2D eigenvalue weighted by Crippen LogP contribution is 2.19. The maximum absolute atomic E-state index is 12.5. The number of hydrogen-bond donors (Lipinski definition) is 3. The van der Waals surface area contributed by atoms with Crippen LogP contribution in [-0.2, 0) is 0 Å². The van der Waals surface area contributed by atoms with E-state index in [9.17, 15) is 9.90 Å². The smallest absolute Gasteiger partial charge is 0.269 e. The summed E-state index contributed by atoms with van der Waals surface area (Å²) in [7, 11) is 0. The first-order valence-corrected chi connectivity index (χ1v) is 7.85. The van der Waals surface area contributed by atoms with Gasteiger partial charge < -0.3 is 10.4 Å². The van der Waals surface area contributed by atoms with Crippen molar-refractivity contribution in [1.82, 2.24) is 15.5 Å². The molecule has 0 aliphatic rings. The summed E-state index contributed by atoms with van der Waals surface area (Å²) < 4.78 is 0. The number of hydrogen-bond acceptors (Lipinski definition) is 3. The molecule has 24 heavy (non-hydrogen) atoms. The van der Waals surface area contributed by atoms with Crippen molar-refractivity contribution in [3.8, 4) is 11.3 Å². The number of aromatic nitrogens is 2. The summed E-state index contributed by atoms with van der Waals surface area (Å²) in [5.74, 6) is -0.244. The van der Waals surface area contributed by atoms with Gasteiger partial charge in [-0.3, -0.25) is 9.89 Å². The lowest BCUT2D eigenvalue weighted by atomic mass is 10.0. The molecule has 2 aromatic carbocycles. The third-order valence-corrected chi connectivity index (χ3v) is 3.82. The highest BCUT2D eigenvalue weighted by molar-refractivity contribution is 5.93. The van der Waals surface area contributed by atoms with Crippen molar-refractivity contribution < 1.29 is 9.90 Å². The predicted octanol–water partition coefficient (Wildman–Crippen LogP) is 2.93. The van der Waals surface area contributed by atoms with Crippen LogP contribution in [0.5, 0.6) is 0 Å². The second-order valence-electron chi connectivity index (χ2n) is 5.48. The van der Waals surface area contributed by atoms with Crippen LogP contribution in [0.25, 0.3) is 11.3 Å². The fourth-order valence-electron chi connectivity index (χ4n) is 2.57. The van der Waals surface area contributed by atoms with Crippen LogP contribution in [0, 0.1) is 0 Å². The molecule has 3 rings (SSSR count). The standard InChI is InChI=1S/C19H19N3O2/c23-12-11-16(14-7-3-1-4-8-14)20-19(24)18-13-17(21-22-18)15-9-5-2-6-10-15/h1-10,13,16,23H,11-12H2,(H,20,24)(H,21,22). The van der Waals surface area contributed by atoms with Crippen LogP contribution in [0.15, 0.2) is 66.7 Å². The van der Waals surface area contributed by atoms with E-state index in [0.29, 0.717) is 12.1 Å². The molecule has 0 saturated heterocycles. The molecule has 0 aliphatic heterocycles. The van der Waals surface area contributed by atoms with Crippen LogP contribution < -0.4 is 5.32 Å². The minimum Gasteiger partial charge on any atom is -0.396 e. The third kappa shape index (κ3) is 3.70. The van der Waals surface area contributed by atoms with Gasteiger partial charge in [-0.1, -0.05) is 60.7 Å². The number of amides is 1. The number of aromatic amines is 1. The van der Waals surface area contributed by atoms with E-state index in [1.807, 2.05) is 60.7 Å². The Morgan fingerprint density at radius 2 is 1.75 bits per heavy atom. The number of benzene rings is 2. The monoisotopic (exact) mass is 321 g/mol. The Kier molecular flexibility index (Phi) is 5.03. The summed E-state index contributed by atoms with van der Waals surface area (Å²) in [6.45, 7) is -0.00190. The number of carbonyl (C=O) groups is 1.